The first kappa shape index (κ1) is 20.8. The summed E-state index contributed by atoms with van der Waals surface area (Å²) in [7, 11) is 0. The number of rotatable bonds is 2. The Morgan fingerprint density at radius 2 is 1.86 bits per heavy atom. The van der Waals surface area contributed by atoms with E-state index in [2.05, 4.69) is 10.3 Å². The lowest BCUT2D eigenvalue weighted by molar-refractivity contribution is 0.0302. The van der Waals surface area contributed by atoms with Crippen molar-refractivity contribution in [1.82, 2.24) is 24.5 Å². The van der Waals surface area contributed by atoms with Gasteiger partial charge < -0.3 is 18.9 Å². The van der Waals surface area contributed by atoms with Crippen molar-refractivity contribution in [2.24, 2.45) is 0 Å². The number of carbonyl (C=O) groups excluding carboxylic acids is 1. The summed E-state index contributed by atoms with van der Waals surface area (Å²) in [5, 5.41) is 9.59. The molecule has 3 aromatic carbocycles. The molecule has 1 fully saturated rings. The van der Waals surface area contributed by atoms with Gasteiger partial charge in [0.05, 0.1) is 36.7 Å². The minimum absolute atomic E-state index is 0.0271. The first-order valence-electron chi connectivity index (χ1n) is 11.5. The van der Waals surface area contributed by atoms with Crippen molar-refractivity contribution in [3.63, 3.8) is 0 Å². The van der Waals surface area contributed by atoms with Gasteiger partial charge in [-0.1, -0.05) is 35.5 Å². The zero-order valence-corrected chi connectivity index (χ0v) is 18.8. The number of ether oxygens (including phenoxy) is 2. The number of amides is 1. The Bertz CT molecular complexity index is 1760. The predicted octanol–water partition coefficient (Wildman–Crippen LogP) is 3.44. The molecule has 5 aromatic rings. The summed E-state index contributed by atoms with van der Waals surface area (Å²) in [5.41, 5.74) is 0.450. The summed E-state index contributed by atoms with van der Waals surface area (Å²) >= 11 is 0. The lowest BCUT2D eigenvalue weighted by Crippen LogP contribution is -2.42. The highest BCUT2D eigenvalue weighted by Crippen LogP contribution is 2.46. The predicted molar refractivity (Wildman–Crippen MR) is 129 cm³/mol. The van der Waals surface area contributed by atoms with Gasteiger partial charge >= 0.3 is 0 Å². The summed E-state index contributed by atoms with van der Waals surface area (Å²) in [6.07, 6.45) is 4.47. The fraction of sp³-hybridized carbons (Fsp3) is 0.154. The molecule has 0 spiro atoms. The van der Waals surface area contributed by atoms with E-state index in [4.69, 9.17) is 9.47 Å². The molecule has 10 heteroatoms. The van der Waals surface area contributed by atoms with E-state index < -0.39 is 17.2 Å². The zero-order valence-electron chi connectivity index (χ0n) is 18.8. The second-order valence-electron chi connectivity index (χ2n) is 8.66. The van der Waals surface area contributed by atoms with E-state index in [1.165, 1.54) is 17.1 Å². The van der Waals surface area contributed by atoms with Gasteiger partial charge in [0.1, 0.15) is 16.8 Å². The van der Waals surface area contributed by atoms with E-state index in [-0.39, 0.29) is 22.4 Å². The summed E-state index contributed by atoms with van der Waals surface area (Å²) in [6.45, 7) is 1.55. The molecular formula is C26H18FN5O4. The van der Waals surface area contributed by atoms with Crippen molar-refractivity contribution in [3.8, 4) is 22.9 Å². The number of nitrogens with zero attached hydrogens (tertiary/aromatic N) is 5. The van der Waals surface area contributed by atoms with Crippen molar-refractivity contribution in [1.29, 1.82) is 0 Å². The summed E-state index contributed by atoms with van der Waals surface area (Å²) in [4.78, 5) is 28.7. The Kier molecular flexibility index (Phi) is 4.45. The van der Waals surface area contributed by atoms with Gasteiger partial charge in [-0.15, -0.1) is 5.10 Å². The number of hydrogen-bond acceptors (Lipinski definition) is 6. The fourth-order valence-corrected chi connectivity index (χ4v) is 5.00. The van der Waals surface area contributed by atoms with Gasteiger partial charge in [0.15, 0.2) is 17.3 Å². The molecule has 0 unspecified atom stereocenters. The first-order chi connectivity index (χ1) is 17.6. The molecule has 9 nitrogen and oxygen atoms in total. The molecule has 2 aromatic heterocycles. The normalized spacial score (nSPS) is 14.6. The van der Waals surface area contributed by atoms with Crippen LogP contribution in [0.1, 0.15) is 10.4 Å². The molecular weight excluding hydrogens is 465 g/mol. The fourth-order valence-electron chi connectivity index (χ4n) is 5.00. The summed E-state index contributed by atoms with van der Waals surface area (Å²) < 4.78 is 30.2. The number of pyridine rings is 1. The second-order valence-corrected chi connectivity index (χ2v) is 8.66. The molecule has 1 saturated heterocycles. The van der Waals surface area contributed by atoms with E-state index >= 15 is 4.39 Å². The molecule has 0 atom stereocenters. The average Bonchev–Trinajstić information content (AvgIpc) is 3.44. The third-order valence-corrected chi connectivity index (χ3v) is 6.67. The van der Waals surface area contributed by atoms with E-state index in [0.29, 0.717) is 43.3 Å². The lowest BCUT2D eigenvalue weighted by Gasteiger charge is -2.29. The number of hydrogen-bond donors (Lipinski definition) is 0. The van der Waals surface area contributed by atoms with E-state index in [1.54, 1.807) is 21.7 Å². The average molecular weight is 483 g/mol. The van der Waals surface area contributed by atoms with Gasteiger partial charge in [-0.25, -0.2) is 9.07 Å². The lowest BCUT2D eigenvalue weighted by atomic mass is 10.0. The van der Waals surface area contributed by atoms with E-state index in [1.807, 2.05) is 30.3 Å². The van der Waals surface area contributed by atoms with Crippen molar-refractivity contribution >= 4 is 27.6 Å². The highest BCUT2D eigenvalue weighted by Gasteiger charge is 2.31. The summed E-state index contributed by atoms with van der Waals surface area (Å²) in [6, 6.07) is 12.6. The van der Waals surface area contributed by atoms with Crippen LogP contribution in [0.5, 0.6) is 11.5 Å². The van der Waals surface area contributed by atoms with Crippen LogP contribution < -0.4 is 10.2 Å². The highest BCUT2D eigenvalue weighted by atomic mass is 19.1. The zero-order chi connectivity index (χ0) is 24.4. The van der Waals surface area contributed by atoms with E-state index in [9.17, 15) is 9.59 Å². The number of fused-ring (bicyclic) bond motifs is 4. The quantitative estimate of drug-likeness (QED) is 0.375. The molecule has 2 aliphatic rings. The van der Waals surface area contributed by atoms with E-state index in [0.717, 1.165) is 16.8 Å². The number of benzene rings is 3. The Labute approximate surface area is 202 Å². The molecule has 4 heterocycles. The number of morpholine rings is 1. The largest absolute Gasteiger partial charge is 0.450 e. The Balaban J connectivity index is 1.60. The van der Waals surface area contributed by atoms with Crippen LogP contribution in [0.25, 0.3) is 33.1 Å². The van der Waals surface area contributed by atoms with Gasteiger partial charge in [-0.3, -0.25) is 9.59 Å². The van der Waals surface area contributed by atoms with Crippen LogP contribution in [-0.2, 0) is 4.74 Å². The van der Waals surface area contributed by atoms with Gasteiger partial charge in [0.25, 0.3) is 5.91 Å². The Hall–Kier alpha value is -4.57. The van der Waals surface area contributed by atoms with Crippen LogP contribution in [0.15, 0.2) is 65.8 Å². The van der Waals surface area contributed by atoms with Crippen LogP contribution in [-0.4, -0.2) is 56.7 Å². The van der Waals surface area contributed by atoms with Gasteiger partial charge in [0, 0.05) is 24.7 Å². The van der Waals surface area contributed by atoms with Gasteiger partial charge in [-0.2, -0.15) is 0 Å². The summed E-state index contributed by atoms with van der Waals surface area (Å²) in [5.74, 6) is -0.542. The van der Waals surface area contributed by atoms with Crippen LogP contribution in [0.4, 0.5) is 4.39 Å². The number of halogens is 1. The van der Waals surface area contributed by atoms with Crippen molar-refractivity contribution in [3.05, 3.63) is 82.7 Å². The van der Waals surface area contributed by atoms with Crippen LogP contribution in [0.2, 0.25) is 0 Å². The maximum Gasteiger partial charge on any atom is 0.259 e. The topological polar surface area (TPSA) is 91.5 Å². The van der Waals surface area contributed by atoms with Gasteiger partial charge in [0.2, 0.25) is 5.43 Å². The molecule has 0 saturated carbocycles. The first-order valence-corrected chi connectivity index (χ1v) is 11.5. The molecule has 178 valence electrons. The smallest absolute Gasteiger partial charge is 0.259 e. The molecule has 7 rings (SSSR count). The van der Waals surface area contributed by atoms with Crippen LogP contribution in [0, 0.1) is 5.82 Å². The minimum Gasteiger partial charge on any atom is -0.450 e. The number of aromatic nitrogens is 4. The Morgan fingerprint density at radius 1 is 1.03 bits per heavy atom. The molecule has 1 amide bonds. The second kappa shape index (κ2) is 7.72. The maximum atomic E-state index is 15.6. The maximum absolute atomic E-state index is 15.6. The monoisotopic (exact) mass is 483 g/mol. The SMILES string of the molecule is O=C(c1cn2c3c(c(-n4ccnn4)c(F)cc3c1=O)Oc1ccc3ccccc3c1-2)N1CCOCC1. The molecule has 0 bridgehead atoms. The van der Waals surface area contributed by atoms with Crippen LogP contribution in [0.3, 0.4) is 0 Å². The molecule has 0 radical (unpaired) electrons. The molecule has 0 N–H and O–H groups in total. The van der Waals surface area contributed by atoms with Gasteiger partial charge in [-0.05, 0) is 17.5 Å². The third kappa shape index (κ3) is 2.91. The standard InChI is InChI=1S/C26H18FN5O4/c27-19-13-17-22-25(23(19)32-8-7-28-29-32)36-20-6-5-15-3-1-2-4-16(15)21(20)31(22)14-18(24(17)33)26(34)30-9-11-35-12-10-30/h1-8,13-14H,9-12H2. The highest BCUT2D eigenvalue weighted by molar-refractivity contribution is 6.03. The molecule has 2 aliphatic heterocycles. The third-order valence-electron chi connectivity index (χ3n) is 6.67. The van der Waals surface area contributed by atoms with Crippen molar-refractivity contribution < 1.29 is 18.7 Å². The molecule has 0 aliphatic carbocycles. The minimum atomic E-state index is -0.716. The van der Waals surface area contributed by atoms with Crippen molar-refractivity contribution in [2.75, 3.05) is 26.3 Å². The molecule has 36 heavy (non-hydrogen) atoms. The van der Waals surface area contributed by atoms with Crippen molar-refractivity contribution in [2.45, 2.75) is 0 Å². The Morgan fingerprint density at radius 3 is 2.67 bits per heavy atom. The number of carbonyl (C=O) groups is 1. The van der Waals surface area contributed by atoms with Crippen LogP contribution >= 0.6 is 0 Å².